The van der Waals surface area contributed by atoms with Gasteiger partial charge in [0.1, 0.15) is 6.61 Å². The summed E-state index contributed by atoms with van der Waals surface area (Å²) in [6.07, 6.45) is -1.94. The van der Waals surface area contributed by atoms with E-state index in [9.17, 15) is 14.4 Å². The Morgan fingerprint density at radius 1 is 1.09 bits per heavy atom. The first-order valence-corrected chi connectivity index (χ1v) is 7.17. The SMILES string of the molecule is CC(=O)OC1C[C@@H](COC(=O)c2ccccc2)O[C@H]1OC(C)=O. The van der Waals surface area contributed by atoms with Crippen LogP contribution in [0.2, 0.25) is 0 Å². The van der Waals surface area contributed by atoms with E-state index in [4.69, 9.17) is 18.9 Å². The van der Waals surface area contributed by atoms with Crippen LogP contribution in [-0.4, -0.2) is 43.0 Å². The Balaban J connectivity index is 1.89. The molecule has 0 aromatic heterocycles. The van der Waals surface area contributed by atoms with Gasteiger partial charge in [-0.15, -0.1) is 0 Å². The molecular formula is C16H18O7. The average Bonchev–Trinajstić information content (AvgIpc) is 2.86. The van der Waals surface area contributed by atoms with Gasteiger partial charge in [-0.05, 0) is 12.1 Å². The number of benzene rings is 1. The molecule has 2 rings (SSSR count). The molecule has 0 bridgehead atoms. The third-order valence-electron chi connectivity index (χ3n) is 3.13. The molecule has 3 atom stereocenters. The molecule has 0 spiro atoms. The minimum absolute atomic E-state index is 0.0245. The molecule has 0 saturated carbocycles. The Morgan fingerprint density at radius 2 is 1.74 bits per heavy atom. The highest BCUT2D eigenvalue weighted by Gasteiger charge is 2.40. The van der Waals surface area contributed by atoms with Crippen molar-refractivity contribution in [3.63, 3.8) is 0 Å². The van der Waals surface area contributed by atoms with Gasteiger partial charge in [0, 0.05) is 20.3 Å². The molecule has 1 aromatic rings. The fraction of sp³-hybridized carbons (Fsp3) is 0.438. The van der Waals surface area contributed by atoms with Crippen LogP contribution in [0.1, 0.15) is 30.6 Å². The van der Waals surface area contributed by atoms with Crippen molar-refractivity contribution in [1.82, 2.24) is 0 Å². The van der Waals surface area contributed by atoms with Crippen LogP contribution in [-0.2, 0) is 28.5 Å². The molecule has 1 aliphatic rings. The smallest absolute Gasteiger partial charge is 0.338 e. The number of rotatable bonds is 5. The summed E-state index contributed by atoms with van der Waals surface area (Å²) in [5, 5.41) is 0. The fourth-order valence-electron chi connectivity index (χ4n) is 2.22. The first-order chi connectivity index (χ1) is 11.0. The highest BCUT2D eigenvalue weighted by atomic mass is 16.7. The lowest BCUT2D eigenvalue weighted by Gasteiger charge is -2.17. The van der Waals surface area contributed by atoms with Crippen LogP contribution in [0.25, 0.3) is 0 Å². The summed E-state index contributed by atoms with van der Waals surface area (Å²) >= 11 is 0. The van der Waals surface area contributed by atoms with E-state index >= 15 is 0 Å². The summed E-state index contributed by atoms with van der Waals surface area (Å²) in [7, 11) is 0. The highest BCUT2D eigenvalue weighted by Crippen LogP contribution is 2.25. The Kier molecular flexibility index (Phi) is 5.70. The molecule has 7 nitrogen and oxygen atoms in total. The van der Waals surface area contributed by atoms with Crippen molar-refractivity contribution in [2.75, 3.05) is 6.61 Å². The van der Waals surface area contributed by atoms with E-state index in [2.05, 4.69) is 0 Å². The Bertz CT molecular complexity index is 545. The lowest BCUT2D eigenvalue weighted by Crippen LogP contribution is -2.30. The third-order valence-corrected chi connectivity index (χ3v) is 3.13. The van der Waals surface area contributed by atoms with Crippen molar-refractivity contribution in [3.05, 3.63) is 35.9 Å². The quantitative estimate of drug-likeness (QED) is 0.599. The van der Waals surface area contributed by atoms with Crippen molar-refractivity contribution in [1.29, 1.82) is 0 Å². The van der Waals surface area contributed by atoms with E-state index < -0.39 is 36.4 Å². The zero-order valence-corrected chi connectivity index (χ0v) is 12.9. The highest BCUT2D eigenvalue weighted by molar-refractivity contribution is 5.89. The second kappa shape index (κ2) is 7.73. The molecule has 7 heteroatoms. The summed E-state index contributed by atoms with van der Waals surface area (Å²) in [4.78, 5) is 34.0. The monoisotopic (exact) mass is 322 g/mol. The number of esters is 3. The van der Waals surface area contributed by atoms with Crippen molar-refractivity contribution in [3.8, 4) is 0 Å². The van der Waals surface area contributed by atoms with Crippen LogP contribution >= 0.6 is 0 Å². The van der Waals surface area contributed by atoms with E-state index in [1.54, 1.807) is 30.3 Å². The molecular weight excluding hydrogens is 304 g/mol. The first-order valence-electron chi connectivity index (χ1n) is 7.17. The van der Waals surface area contributed by atoms with Crippen LogP contribution < -0.4 is 0 Å². The summed E-state index contributed by atoms with van der Waals surface area (Å²) < 4.78 is 20.7. The molecule has 0 radical (unpaired) electrons. The lowest BCUT2D eigenvalue weighted by molar-refractivity contribution is -0.195. The lowest BCUT2D eigenvalue weighted by atomic mass is 10.2. The molecule has 1 saturated heterocycles. The van der Waals surface area contributed by atoms with Gasteiger partial charge in [0.2, 0.25) is 6.29 Å². The van der Waals surface area contributed by atoms with Crippen LogP contribution in [0.3, 0.4) is 0 Å². The standard InChI is InChI=1S/C16H18O7/c1-10(17)21-14-8-13(23-16(14)22-11(2)18)9-20-15(19)12-6-4-3-5-7-12/h3-7,13-14,16H,8-9H2,1-2H3/t13-,14?,16+/m0/s1. The Labute approximate surface area is 133 Å². The summed E-state index contributed by atoms with van der Waals surface area (Å²) in [5.41, 5.74) is 0.429. The summed E-state index contributed by atoms with van der Waals surface area (Å²) in [6, 6.07) is 8.54. The van der Waals surface area contributed by atoms with Gasteiger partial charge in [-0.2, -0.15) is 0 Å². The molecule has 1 unspecified atom stereocenters. The predicted octanol–water partition coefficient (Wildman–Crippen LogP) is 1.45. The maximum Gasteiger partial charge on any atom is 0.338 e. The molecule has 1 fully saturated rings. The van der Waals surface area contributed by atoms with Gasteiger partial charge in [-0.25, -0.2) is 4.79 Å². The topological polar surface area (TPSA) is 88.1 Å². The van der Waals surface area contributed by atoms with Crippen molar-refractivity contribution >= 4 is 17.9 Å². The van der Waals surface area contributed by atoms with Crippen molar-refractivity contribution in [2.45, 2.75) is 38.8 Å². The van der Waals surface area contributed by atoms with Crippen LogP contribution in [0.4, 0.5) is 0 Å². The number of ether oxygens (including phenoxy) is 4. The van der Waals surface area contributed by atoms with Gasteiger partial charge in [0.05, 0.1) is 11.7 Å². The maximum atomic E-state index is 11.9. The van der Waals surface area contributed by atoms with Gasteiger partial charge in [0.15, 0.2) is 6.10 Å². The van der Waals surface area contributed by atoms with Crippen LogP contribution in [0.15, 0.2) is 30.3 Å². The first kappa shape index (κ1) is 17.0. The normalized spacial score (nSPS) is 23.1. The molecule has 124 valence electrons. The van der Waals surface area contributed by atoms with E-state index in [-0.39, 0.29) is 13.0 Å². The second-order valence-electron chi connectivity index (χ2n) is 5.08. The number of hydrogen-bond donors (Lipinski definition) is 0. The molecule has 0 aliphatic carbocycles. The average molecular weight is 322 g/mol. The van der Waals surface area contributed by atoms with E-state index in [0.717, 1.165) is 0 Å². The Morgan fingerprint density at radius 3 is 2.35 bits per heavy atom. The summed E-state index contributed by atoms with van der Waals surface area (Å²) in [6.45, 7) is 2.47. The largest absolute Gasteiger partial charge is 0.459 e. The van der Waals surface area contributed by atoms with E-state index in [1.807, 2.05) is 0 Å². The van der Waals surface area contributed by atoms with Gasteiger partial charge in [0.25, 0.3) is 0 Å². The number of carbonyl (C=O) groups is 3. The number of hydrogen-bond acceptors (Lipinski definition) is 7. The second-order valence-corrected chi connectivity index (χ2v) is 5.08. The van der Waals surface area contributed by atoms with Crippen LogP contribution in [0, 0.1) is 0 Å². The van der Waals surface area contributed by atoms with Crippen LogP contribution in [0.5, 0.6) is 0 Å². The predicted molar refractivity (Wildman–Crippen MR) is 77.3 cm³/mol. The maximum absolute atomic E-state index is 11.9. The van der Waals surface area contributed by atoms with Gasteiger partial charge >= 0.3 is 17.9 Å². The molecule has 23 heavy (non-hydrogen) atoms. The minimum Gasteiger partial charge on any atom is -0.459 e. The minimum atomic E-state index is -0.989. The van der Waals surface area contributed by atoms with E-state index in [1.165, 1.54) is 13.8 Å². The van der Waals surface area contributed by atoms with Gasteiger partial charge in [-0.3, -0.25) is 9.59 Å². The van der Waals surface area contributed by atoms with Gasteiger partial charge in [-0.1, -0.05) is 18.2 Å². The van der Waals surface area contributed by atoms with E-state index in [0.29, 0.717) is 5.56 Å². The van der Waals surface area contributed by atoms with Crippen molar-refractivity contribution in [2.24, 2.45) is 0 Å². The summed E-state index contributed by atoms with van der Waals surface area (Å²) in [5.74, 6) is -1.53. The van der Waals surface area contributed by atoms with Crippen molar-refractivity contribution < 1.29 is 33.3 Å². The third kappa shape index (κ3) is 5.07. The van der Waals surface area contributed by atoms with Gasteiger partial charge < -0.3 is 18.9 Å². The molecule has 0 N–H and O–H groups in total. The zero-order valence-electron chi connectivity index (χ0n) is 12.9. The zero-order chi connectivity index (χ0) is 16.8. The molecule has 1 aromatic carbocycles. The number of carbonyl (C=O) groups excluding carboxylic acids is 3. The molecule has 1 heterocycles. The Hall–Kier alpha value is -2.41. The fourth-order valence-corrected chi connectivity index (χ4v) is 2.22. The molecule has 0 amide bonds. The molecule has 1 aliphatic heterocycles.